The van der Waals surface area contributed by atoms with Crippen LogP contribution < -0.4 is 0 Å². The van der Waals surface area contributed by atoms with Crippen LogP contribution in [0.1, 0.15) is 0 Å². The summed E-state index contributed by atoms with van der Waals surface area (Å²) in [5, 5.41) is 8.20. The first kappa shape index (κ1) is 8.01. The molecule has 1 N–H and O–H groups in total. The molecule has 8 heavy (non-hydrogen) atoms. The van der Waals surface area contributed by atoms with Crippen LogP contribution in [-0.4, -0.2) is 24.1 Å². The van der Waals surface area contributed by atoms with Gasteiger partial charge in [-0.25, -0.2) is 0 Å². The predicted molar refractivity (Wildman–Crippen MR) is 35.7 cm³/mol. The van der Waals surface area contributed by atoms with Crippen LogP contribution in [0.2, 0.25) is 0 Å². The number of rotatable bonds is 5. The van der Waals surface area contributed by atoms with Crippen molar-refractivity contribution < 1.29 is 9.29 Å². The molecule has 0 bridgehead atoms. The lowest BCUT2D eigenvalue weighted by Gasteiger charge is -1.93. The molecule has 0 saturated heterocycles. The van der Waals surface area contributed by atoms with Crippen LogP contribution >= 0.6 is 12.0 Å². The van der Waals surface area contributed by atoms with E-state index in [9.17, 15) is 0 Å². The summed E-state index contributed by atoms with van der Waals surface area (Å²) >= 11 is 1.30. The maximum atomic E-state index is 8.20. The van der Waals surface area contributed by atoms with Gasteiger partial charge in [0.2, 0.25) is 0 Å². The smallest absolute Gasteiger partial charge is 0.0845 e. The van der Waals surface area contributed by atoms with Gasteiger partial charge in [-0.3, -0.25) is 0 Å². The van der Waals surface area contributed by atoms with Crippen LogP contribution in [0.25, 0.3) is 0 Å². The Bertz CT molecular complexity index is 56.4. The molecule has 0 aromatic carbocycles. The Labute approximate surface area is 53.7 Å². The van der Waals surface area contributed by atoms with E-state index in [2.05, 4.69) is 6.58 Å². The number of hydrogen-bond acceptors (Lipinski definition) is 3. The zero-order chi connectivity index (χ0) is 6.24. The molecule has 0 saturated carbocycles. The Hall–Kier alpha value is 0.01000. The summed E-state index contributed by atoms with van der Waals surface area (Å²) in [5.74, 6) is 0.778. The Balaban J connectivity index is 2.62. The summed E-state index contributed by atoms with van der Waals surface area (Å²) in [6, 6.07) is 0. The number of aliphatic hydroxyl groups is 1. The molecule has 0 atom stereocenters. The molecular formula is C5H10O2S. The van der Waals surface area contributed by atoms with Gasteiger partial charge in [0.25, 0.3) is 0 Å². The molecule has 3 heteroatoms. The van der Waals surface area contributed by atoms with Gasteiger partial charge in [0.05, 0.1) is 13.2 Å². The Morgan fingerprint density at radius 3 is 3.00 bits per heavy atom. The lowest BCUT2D eigenvalue weighted by Crippen LogP contribution is -1.91. The third-order valence-electron chi connectivity index (χ3n) is 0.444. The van der Waals surface area contributed by atoms with Crippen LogP contribution in [0.3, 0.4) is 0 Å². The van der Waals surface area contributed by atoms with E-state index in [1.165, 1.54) is 12.0 Å². The summed E-state index contributed by atoms with van der Waals surface area (Å²) in [4.78, 5) is 0. The molecular weight excluding hydrogens is 124 g/mol. The molecule has 48 valence electrons. The Kier molecular flexibility index (Phi) is 7.02. The minimum atomic E-state index is 0.0874. The van der Waals surface area contributed by atoms with Gasteiger partial charge in [-0.05, 0) is 12.0 Å². The highest BCUT2D eigenvalue weighted by atomic mass is 32.2. The molecule has 2 nitrogen and oxygen atoms in total. The van der Waals surface area contributed by atoms with Crippen molar-refractivity contribution in [2.24, 2.45) is 0 Å². The molecule has 0 aliphatic carbocycles. The molecule has 0 amide bonds. The average molecular weight is 134 g/mol. The summed E-state index contributed by atoms with van der Waals surface area (Å²) in [6.07, 6.45) is 1.75. The highest BCUT2D eigenvalue weighted by Gasteiger charge is 1.81. The van der Waals surface area contributed by atoms with E-state index >= 15 is 0 Å². The van der Waals surface area contributed by atoms with Crippen molar-refractivity contribution in [2.45, 2.75) is 0 Å². The van der Waals surface area contributed by atoms with Gasteiger partial charge < -0.3 is 9.29 Å². The van der Waals surface area contributed by atoms with Gasteiger partial charge in [-0.2, -0.15) is 0 Å². The predicted octanol–water partition coefficient (Wildman–Crippen LogP) is 0.829. The van der Waals surface area contributed by atoms with Crippen LogP contribution in [0, 0.1) is 0 Å². The molecule has 0 aliphatic heterocycles. The molecule has 0 spiro atoms. The van der Waals surface area contributed by atoms with Gasteiger partial charge in [-0.15, -0.1) is 6.58 Å². The van der Waals surface area contributed by atoms with Gasteiger partial charge in [0.1, 0.15) is 0 Å². The van der Waals surface area contributed by atoms with E-state index in [4.69, 9.17) is 9.29 Å². The van der Waals surface area contributed by atoms with Gasteiger partial charge in [0, 0.05) is 5.75 Å². The van der Waals surface area contributed by atoms with Crippen molar-refractivity contribution in [3.8, 4) is 0 Å². The quantitative estimate of drug-likeness (QED) is 0.343. The van der Waals surface area contributed by atoms with Crippen molar-refractivity contribution >= 4 is 12.0 Å². The molecule has 0 aliphatic rings. The second-order valence-electron chi connectivity index (χ2n) is 1.12. The third kappa shape index (κ3) is 6.01. The molecule has 0 fully saturated rings. The molecule has 0 radical (unpaired) electrons. The fraction of sp³-hybridized carbons (Fsp3) is 0.600. The summed E-state index contributed by atoms with van der Waals surface area (Å²) in [7, 11) is 0. The molecule has 0 unspecified atom stereocenters. The highest BCUT2D eigenvalue weighted by Crippen LogP contribution is 1.99. The maximum absolute atomic E-state index is 8.20. The first-order chi connectivity index (χ1) is 3.91. The first-order valence-corrected chi connectivity index (χ1v) is 3.29. The lowest BCUT2D eigenvalue weighted by atomic mass is 10.8. The third-order valence-corrected chi connectivity index (χ3v) is 1.15. The van der Waals surface area contributed by atoms with Crippen molar-refractivity contribution in [1.29, 1.82) is 0 Å². The minimum Gasteiger partial charge on any atom is -0.394 e. The average Bonchev–Trinajstić information content (AvgIpc) is 1.81. The minimum absolute atomic E-state index is 0.0874. The SMILES string of the molecule is C=CCSOCCO. The molecule has 0 rings (SSSR count). The zero-order valence-electron chi connectivity index (χ0n) is 4.67. The van der Waals surface area contributed by atoms with Crippen molar-refractivity contribution in [3.05, 3.63) is 12.7 Å². The van der Waals surface area contributed by atoms with Crippen LogP contribution in [0.15, 0.2) is 12.7 Å². The van der Waals surface area contributed by atoms with Crippen molar-refractivity contribution in [2.75, 3.05) is 19.0 Å². The monoisotopic (exact) mass is 134 g/mol. The normalized spacial score (nSPS) is 9.12. The van der Waals surface area contributed by atoms with E-state index in [1.54, 1.807) is 6.08 Å². The number of aliphatic hydroxyl groups excluding tert-OH is 1. The van der Waals surface area contributed by atoms with Crippen LogP contribution in [-0.2, 0) is 4.18 Å². The van der Waals surface area contributed by atoms with E-state index in [0.29, 0.717) is 6.61 Å². The van der Waals surface area contributed by atoms with E-state index in [1.807, 2.05) is 0 Å². The topological polar surface area (TPSA) is 29.5 Å². The van der Waals surface area contributed by atoms with Gasteiger partial charge >= 0.3 is 0 Å². The number of hydrogen-bond donors (Lipinski definition) is 1. The molecule has 0 heterocycles. The zero-order valence-corrected chi connectivity index (χ0v) is 5.49. The fourth-order valence-corrected chi connectivity index (χ4v) is 0.577. The first-order valence-electron chi connectivity index (χ1n) is 2.38. The highest BCUT2D eigenvalue weighted by molar-refractivity contribution is 7.94. The van der Waals surface area contributed by atoms with Crippen LogP contribution in [0.5, 0.6) is 0 Å². The summed E-state index contributed by atoms with van der Waals surface area (Å²) < 4.78 is 4.82. The Morgan fingerprint density at radius 2 is 2.50 bits per heavy atom. The fourth-order valence-electron chi connectivity index (χ4n) is 0.192. The second kappa shape index (κ2) is 7.01. The van der Waals surface area contributed by atoms with Gasteiger partial charge in [-0.1, -0.05) is 6.08 Å². The van der Waals surface area contributed by atoms with Crippen molar-refractivity contribution in [3.63, 3.8) is 0 Å². The van der Waals surface area contributed by atoms with E-state index in [-0.39, 0.29) is 6.61 Å². The standard InChI is InChI=1S/C5H10O2S/c1-2-5-8-7-4-3-6/h2,6H,1,3-5H2. The summed E-state index contributed by atoms with van der Waals surface area (Å²) in [5.41, 5.74) is 0. The largest absolute Gasteiger partial charge is 0.394 e. The second-order valence-corrected chi connectivity index (χ2v) is 1.92. The van der Waals surface area contributed by atoms with Crippen molar-refractivity contribution in [1.82, 2.24) is 0 Å². The maximum Gasteiger partial charge on any atom is 0.0845 e. The Morgan fingerprint density at radius 1 is 1.75 bits per heavy atom. The van der Waals surface area contributed by atoms with E-state index < -0.39 is 0 Å². The molecule has 0 aromatic heterocycles. The van der Waals surface area contributed by atoms with Crippen LogP contribution in [0.4, 0.5) is 0 Å². The lowest BCUT2D eigenvalue weighted by molar-refractivity contribution is 0.221. The van der Waals surface area contributed by atoms with Gasteiger partial charge in [0.15, 0.2) is 0 Å². The molecule has 0 aromatic rings. The van der Waals surface area contributed by atoms with E-state index in [0.717, 1.165) is 5.75 Å². The summed E-state index contributed by atoms with van der Waals surface area (Å²) in [6.45, 7) is 3.98.